The lowest BCUT2D eigenvalue weighted by Gasteiger charge is -2.14. The Bertz CT molecular complexity index is 744. The Balaban J connectivity index is 1.47. The molecule has 1 fully saturated rings. The molecule has 3 rings (SSSR count). The number of unbranched alkanes of at least 4 members (excludes halogenated alkanes) is 4. The molecule has 2 heterocycles. The number of nitrogens with one attached hydrogen (secondary N) is 2. The Hall–Kier alpha value is -2.25. The largest absolute Gasteiger partial charge is 0.391 e. The van der Waals surface area contributed by atoms with Gasteiger partial charge in [-0.2, -0.15) is 4.98 Å². The van der Waals surface area contributed by atoms with Gasteiger partial charge in [0.15, 0.2) is 5.82 Å². The van der Waals surface area contributed by atoms with Gasteiger partial charge < -0.3 is 20.3 Å². The summed E-state index contributed by atoms with van der Waals surface area (Å²) in [5.74, 6) is 1.11. The van der Waals surface area contributed by atoms with Crippen LogP contribution in [0, 0.1) is 0 Å². The number of amides is 1. The highest BCUT2D eigenvalue weighted by molar-refractivity contribution is 5.82. The third kappa shape index (κ3) is 5.62. The van der Waals surface area contributed by atoms with Crippen LogP contribution in [-0.4, -0.2) is 39.8 Å². The topological polar surface area (TPSA) is 100 Å². The number of aliphatic hydroxyl groups is 1. The molecule has 1 saturated heterocycles. The van der Waals surface area contributed by atoms with Crippen molar-refractivity contribution in [3.63, 3.8) is 0 Å². The van der Waals surface area contributed by atoms with Gasteiger partial charge in [0.2, 0.25) is 5.91 Å². The lowest BCUT2D eigenvalue weighted by Crippen LogP contribution is -2.45. The van der Waals surface area contributed by atoms with Crippen LogP contribution < -0.4 is 10.6 Å². The number of carbonyl (C=O) groups is 1. The molecule has 2 atom stereocenters. The van der Waals surface area contributed by atoms with Crippen molar-refractivity contribution >= 4 is 5.91 Å². The molecule has 7 nitrogen and oxygen atoms in total. The van der Waals surface area contributed by atoms with Gasteiger partial charge >= 0.3 is 0 Å². The Kier molecular flexibility index (Phi) is 7.56. The first-order valence-electron chi connectivity index (χ1n) is 10.3. The van der Waals surface area contributed by atoms with Crippen LogP contribution >= 0.6 is 0 Å². The molecular weight excluding hydrogens is 356 g/mol. The quantitative estimate of drug-likeness (QED) is 0.543. The Morgan fingerprint density at radius 3 is 2.75 bits per heavy atom. The highest BCUT2D eigenvalue weighted by Gasteiger charge is 2.30. The van der Waals surface area contributed by atoms with Crippen molar-refractivity contribution in [1.82, 2.24) is 20.8 Å². The summed E-state index contributed by atoms with van der Waals surface area (Å²) < 4.78 is 5.38. The van der Waals surface area contributed by atoms with Crippen LogP contribution in [0.5, 0.6) is 0 Å². The van der Waals surface area contributed by atoms with E-state index in [0.717, 1.165) is 29.8 Å². The van der Waals surface area contributed by atoms with Crippen molar-refractivity contribution in [3.05, 3.63) is 35.7 Å². The average molecular weight is 386 g/mol. The molecule has 2 aromatic rings. The first kappa shape index (κ1) is 20.5. The number of rotatable bonds is 10. The maximum atomic E-state index is 12.1. The van der Waals surface area contributed by atoms with Crippen LogP contribution in [0.3, 0.4) is 0 Å². The molecule has 0 aliphatic carbocycles. The molecule has 1 aliphatic heterocycles. The van der Waals surface area contributed by atoms with Crippen LogP contribution in [0.25, 0.3) is 11.5 Å². The number of aromatic nitrogens is 2. The number of aryl methyl sites for hydroxylation is 1. The minimum Gasteiger partial charge on any atom is -0.391 e. The van der Waals surface area contributed by atoms with Crippen molar-refractivity contribution in [2.75, 3.05) is 6.54 Å². The lowest BCUT2D eigenvalue weighted by molar-refractivity contribution is -0.124. The van der Waals surface area contributed by atoms with Gasteiger partial charge in [-0.15, -0.1) is 0 Å². The summed E-state index contributed by atoms with van der Waals surface area (Å²) in [7, 11) is 0. The minimum atomic E-state index is -0.610. The molecule has 1 amide bonds. The zero-order chi connectivity index (χ0) is 19.8. The zero-order valence-electron chi connectivity index (χ0n) is 16.5. The second-order valence-corrected chi connectivity index (χ2v) is 7.38. The highest BCUT2D eigenvalue weighted by Crippen LogP contribution is 2.19. The Morgan fingerprint density at radius 1 is 1.25 bits per heavy atom. The zero-order valence-corrected chi connectivity index (χ0v) is 16.5. The molecular formula is C21H30N4O3. The van der Waals surface area contributed by atoms with Gasteiger partial charge in [0.25, 0.3) is 5.89 Å². The minimum absolute atomic E-state index is 0.172. The van der Waals surface area contributed by atoms with Crippen molar-refractivity contribution in [3.8, 4) is 11.5 Å². The number of nitrogens with zero attached hydrogens (tertiary/aromatic N) is 2. The molecule has 0 bridgehead atoms. The fourth-order valence-corrected chi connectivity index (χ4v) is 3.38. The van der Waals surface area contributed by atoms with Gasteiger partial charge in [-0.25, -0.2) is 0 Å². The molecule has 28 heavy (non-hydrogen) atoms. The van der Waals surface area contributed by atoms with Gasteiger partial charge in [0, 0.05) is 18.5 Å². The molecule has 0 saturated carbocycles. The van der Waals surface area contributed by atoms with E-state index in [0.29, 0.717) is 25.4 Å². The average Bonchev–Trinajstić information content (AvgIpc) is 3.35. The first-order chi connectivity index (χ1) is 13.7. The summed E-state index contributed by atoms with van der Waals surface area (Å²) in [5, 5.41) is 19.7. The van der Waals surface area contributed by atoms with Crippen molar-refractivity contribution in [2.45, 2.75) is 70.6 Å². The van der Waals surface area contributed by atoms with E-state index in [-0.39, 0.29) is 5.91 Å². The fraction of sp³-hybridized carbons (Fsp3) is 0.571. The van der Waals surface area contributed by atoms with Crippen molar-refractivity contribution < 1.29 is 14.4 Å². The predicted octanol–water partition coefficient (Wildman–Crippen LogP) is 2.59. The van der Waals surface area contributed by atoms with Crippen LogP contribution in [0.15, 0.2) is 28.8 Å². The second kappa shape index (κ2) is 10.3. The van der Waals surface area contributed by atoms with Crippen LogP contribution in [0.4, 0.5) is 0 Å². The molecule has 2 unspecified atom stereocenters. The smallest absolute Gasteiger partial charge is 0.257 e. The normalized spacial score (nSPS) is 19.1. The van der Waals surface area contributed by atoms with Gasteiger partial charge in [0.1, 0.15) is 6.04 Å². The van der Waals surface area contributed by atoms with Gasteiger partial charge in [-0.05, 0) is 37.1 Å². The molecule has 3 N–H and O–H groups in total. The highest BCUT2D eigenvalue weighted by atomic mass is 16.5. The maximum Gasteiger partial charge on any atom is 0.257 e. The molecule has 1 aliphatic rings. The van der Waals surface area contributed by atoms with E-state index in [4.69, 9.17) is 4.52 Å². The molecule has 0 radical (unpaired) electrons. The number of hydrogen-bond acceptors (Lipinski definition) is 6. The number of aliphatic hydroxyl groups excluding tert-OH is 1. The third-order valence-corrected chi connectivity index (χ3v) is 5.11. The summed E-state index contributed by atoms with van der Waals surface area (Å²) in [4.78, 5) is 16.6. The summed E-state index contributed by atoms with van der Waals surface area (Å²) in [6, 6.07) is 7.19. The van der Waals surface area contributed by atoms with E-state index >= 15 is 0 Å². The van der Waals surface area contributed by atoms with Crippen LogP contribution in [0.1, 0.15) is 56.8 Å². The van der Waals surface area contributed by atoms with E-state index in [1.165, 1.54) is 25.7 Å². The van der Waals surface area contributed by atoms with E-state index in [1.807, 2.05) is 24.3 Å². The molecule has 1 aromatic heterocycles. The van der Waals surface area contributed by atoms with E-state index in [1.54, 1.807) is 0 Å². The Morgan fingerprint density at radius 2 is 2.04 bits per heavy atom. The van der Waals surface area contributed by atoms with E-state index in [2.05, 4.69) is 27.7 Å². The molecule has 0 spiro atoms. The summed E-state index contributed by atoms with van der Waals surface area (Å²) >= 11 is 0. The molecule has 1 aromatic carbocycles. The molecule has 152 valence electrons. The third-order valence-electron chi connectivity index (χ3n) is 5.11. The van der Waals surface area contributed by atoms with E-state index in [9.17, 15) is 9.90 Å². The van der Waals surface area contributed by atoms with E-state index < -0.39 is 12.1 Å². The van der Waals surface area contributed by atoms with Gasteiger partial charge in [-0.3, -0.25) is 4.79 Å². The standard InChI is InChI=1S/C21H30N4O3/c1-2-3-4-5-6-7-18-24-21(28-25-18)16-10-8-15(9-11-16)14-23-20(27)19-17(26)12-13-22-19/h8-11,17,19,22,26H,2-7,12-14H2,1H3,(H,23,27). The van der Waals surface area contributed by atoms with Crippen LogP contribution in [-0.2, 0) is 17.8 Å². The number of hydrogen-bond donors (Lipinski definition) is 3. The maximum absolute atomic E-state index is 12.1. The monoisotopic (exact) mass is 386 g/mol. The van der Waals surface area contributed by atoms with Crippen molar-refractivity contribution in [2.24, 2.45) is 0 Å². The van der Waals surface area contributed by atoms with Gasteiger partial charge in [0.05, 0.1) is 6.10 Å². The van der Waals surface area contributed by atoms with Crippen molar-refractivity contribution in [1.29, 1.82) is 0 Å². The fourth-order valence-electron chi connectivity index (χ4n) is 3.38. The summed E-state index contributed by atoms with van der Waals surface area (Å²) in [6.45, 7) is 3.29. The first-order valence-corrected chi connectivity index (χ1v) is 10.3. The Labute approximate surface area is 165 Å². The summed E-state index contributed by atoms with van der Waals surface area (Å²) in [5.41, 5.74) is 1.84. The predicted molar refractivity (Wildman–Crippen MR) is 106 cm³/mol. The van der Waals surface area contributed by atoms with Gasteiger partial charge in [-0.1, -0.05) is 49.9 Å². The second-order valence-electron chi connectivity index (χ2n) is 7.38. The SMILES string of the molecule is CCCCCCCc1noc(-c2ccc(CNC(=O)C3NCCC3O)cc2)n1. The molecule has 7 heteroatoms. The summed E-state index contributed by atoms with van der Waals surface area (Å²) in [6.07, 6.45) is 6.91. The van der Waals surface area contributed by atoms with Crippen LogP contribution in [0.2, 0.25) is 0 Å². The lowest BCUT2D eigenvalue weighted by atomic mass is 10.1. The number of carbonyl (C=O) groups excluding carboxylic acids is 1. The number of benzene rings is 1.